The molecular formula is C20H27N5O3. The van der Waals surface area contributed by atoms with E-state index in [1.807, 2.05) is 19.2 Å². The topological polar surface area (TPSA) is 88.4 Å². The lowest BCUT2D eigenvalue weighted by atomic mass is 10.0. The molecule has 4 rings (SSSR count). The summed E-state index contributed by atoms with van der Waals surface area (Å²) in [5, 5.41) is 5.70. The highest BCUT2D eigenvalue weighted by molar-refractivity contribution is 6.00. The van der Waals surface area contributed by atoms with Gasteiger partial charge in [0.15, 0.2) is 0 Å². The van der Waals surface area contributed by atoms with Gasteiger partial charge in [-0.25, -0.2) is 4.79 Å². The van der Waals surface area contributed by atoms with Gasteiger partial charge < -0.3 is 5.32 Å². The second-order valence-corrected chi connectivity index (χ2v) is 7.80. The zero-order chi connectivity index (χ0) is 19.8. The fourth-order valence-electron chi connectivity index (χ4n) is 4.50. The van der Waals surface area contributed by atoms with Gasteiger partial charge in [0, 0.05) is 26.1 Å². The number of amides is 2. The van der Waals surface area contributed by atoms with Crippen LogP contribution in [0, 0.1) is 0 Å². The fraction of sp³-hybridized carbons (Fsp3) is 0.550. The first-order valence-corrected chi connectivity index (χ1v) is 9.91. The SMILES string of the molecule is CNC1CCN(Cc2cccc3c2n(C)c(=O)n3C2CCC(=O)NC2=O)CC1. The molecule has 1 aromatic carbocycles. The van der Waals surface area contributed by atoms with Gasteiger partial charge >= 0.3 is 5.69 Å². The standard InChI is InChI=1S/C20H27N5O3/c1-21-14-8-10-24(11-9-14)12-13-4-3-5-15-18(13)23(2)20(28)25(15)16-6-7-17(26)22-19(16)27/h3-5,14,16,21H,6-12H2,1-2H3,(H,22,26,27). The van der Waals surface area contributed by atoms with Crippen LogP contribution in [0.3, 0.4) is 0 Å². The molecular weight excluding hydrogens is 358 g/mol. The molecule has 2 aromatic rings. The number of fused-ring (bicyclic) bond motifs is 1. The predicted molar refractivity (Wildman–Crippen MR) is 106 cm³/mol. The largest absolute Gasteiger partial charge is 0.329 e. The van der Waals surface area contributed by atoms with Crippen LogP contribution in [0.5, 0.6) is 0 Å². The zero-order valence-electron chi connectivity index (χ0n) is 16.4. The van der Waals surface area contributed by atoms with Crippen LogP contribution >= 0.6 is 0 Å². The molecule has 150 valence electrons. The molecule has 0 radical (unpaired) electrons. The molecule has 2 fully saturated rings. The molecule has 8 heteroatoms. The monoisotopic (exact) mass is 385 g/mol. The second-order valence-electron chi connectivity index (χ2n) is 7.80. The fourth-order valence-corrected chi connectivity index (χ4v) is 4.50. The number of hydrogen-bond donors (Lipinski definition) is 2. The van der Waals surface area contributed by atoms with Gasteiger partial charge in [-0.3, -0.25) is 28.9 Å². The van der Waals surface area contributed by atoms with Crippen LogP contribution in [0.15, 0.2) is 23.0 Å². The molecule has 1 unspecified atom stereocenters. The number of hydrogen-bond acceptors (Lipinski definition) is 5. The van der Waals surface area contributed by atoms with Crippen molar-refractivity contribution in [1.82, 2.24) is 24.7 Å². The van der Waals surface area contributed by atoms with Gasteiger partial charge in [-0.2, -0.15) is 0 Å². The predicted octanol–water partition coefficient (Wildman–Crippen LogP) is 0.502. The number of imidazole rings is 1. The van der Waals surface area contributed by atoms with E-state index in [0.717, 1.165) is 49.1 Å². The number of likely N-dealkylation sites (tertiary alicyclic amines) is 1. The van der Waals surface area contributed by atoms with Gasteiger partial charge in [-0.1, -0.05) is 12.1 Å². The number of carbonyl (C=O) groups is 2. The van der Waals surface area contributed by atoms with Gasteiger partial charge in [0.1, 0.15) is 6.04 Å². The van der Waals surface area contributed by atoms with E-state index < -0.39 is 11.9 Å². The highest BCUT2D eigenvalue weighted by Crippen LogP contribution is 2.26. The number of benzene rings is 1. The summed E-state index contributed by atoms with van der Waals surface area (Å²) in [7, 11) is 3.76. The van der Waals surface area contributed by atoms with Gasteiger partial charge in [-0.05, 0) is 51.0 Å². The third-order valence-corrected chi connectivity index (χ3v) is 6.10. The molecule has 0 bridgehead atoms. The molecule has 2 aliphatic heterocycles. The summed E-state index contributed by atoms with van der Waals surface area (Å²) in [5.74, 6) is -0.675. The van der Waals surface area contributed by atoms with Crippen LogP contribution in [0.25, 0.3) is 11.0 Å². The van der Waals surface area contributed by atoms with Crippen molar-refractivity contribution in [2.75, 3.05) is 20.1 Å². The second kappa shape index (κ2) is 7.52. The molecule has 1 aromatic heterocycles. The Hall–Kier alpha value is -2.45. The molecule has 28 heavy (non-hydrogen) atoms. The van der Waals surface area contributed by atoms with Crippen molar-refractivity contribution in [1.29, 1.82) is 0 Å². The number of nitrogens with one attached hydrogen (secondary N) is 2. The van der Waals surface area contributed by atoms with Gasteiger partial charge in [0.25, 0.3) is 0 Å². The lowest BCUT2D eigenvalue weighted by Crippen LogP contribution is -2.44. The van der Waals surface area contributed by atoms with Crippen LogP contribution in [-0.4, -0.2) is 52.0 Å². The van der Waals surface area contributed by atoms with Crippen molar-refractivity contribution in [3.8, 4) is 0 Å². The van der Waals surface area contributed by atoms with Crippen molar-refractivity contribution in [3.05, 3.63) is 34.2 Å². The van der Waals surface area contributed by atoms with E-state index in [9.17, 15) is 14.4 Å². The van der Waals surface area contributed by atoms with E-state index in [2.05, 4.69) is 21.6 Å². The summed E-state index contributed by atoms with van der Waals surface area (Å²) >= 11 is 0. The van der Waals surface area contributed by atoms with Crippen LogP contribution in [-0.2, 0) is 23.2 Å². The van der Waals surface area contributed by atoms with E-state index in [0.29, 0.717) is 12.5 Å². The first kappa shape index (κ1) is 18.9. The highest BCUT2D eigenvalue weighted by Gasteiger charge is 2.31. The Morgan fingerprint density at radius 1 is 1.14 bits per heavy atom. The summed E-state index contributed by atoms with van der Waals surface area (Å²) in [4.78, 5) is 39.2. The van der Waals surface area contributed by atoms with Gasteiger partial charge in [0.05, 0.1) is 11.0 Å². The number of carbonyl (C=O) groups excluding carboxylic acids is 2. The molecule has 2 aliphatic rings. The Morgan fingerprint density at radius 3 is 2.57 bits per heavy atom. The number of aromatic nitrogens is 2. The van der Waals surface area contributed by atoms with Crippen molar-refractivity contribution in [3.63, 3.8) is 0 Å². The summed E-state index contributed by atoms with van der Waals surface area (Å²) in [6, 6.07) is 5.82. The minimum absolute atomic E-state index is 0.217. The number of nitrogens with zero attached hydrogens (tertiary/aromatic N) is 3. The first-order chi connectivity index (χ1) is 13.5. The van der Waals surface area contributed by atoms with Crippen LogP contribution in [0.1, 0.15) is 37.3 Å². The van der Waals surface area contributed by atoms with Crippen LogP contribution in [0.4, 0.5) is 0 Å². The quantitative estimate of drug-likeness (QED) is 0.749. The Balaban J connectivity index is 1.68. The van der Waals surface area contributed by atoms with Gasteiger partial charge in [0.2, 0.25) is 11.8 Å². The van der Waals surface area contributed by atoms with Crippen LogP contribution in [0.2, 0.25) is 0 Å². The van der Waals surface area contributed by atoms with E-state index in [1.165, 1.54) is 0 Å². The molecule has 2 saturated heterocycles. The van der Waals surface area contributed by atoms with E-state index in [4.69, 9.17) is 0 Å². The molecule has 2 amide bonds. The number of imide groups is 1. The van der Waals surface area contributed by atoms with Crippen LogP contribution < -0.4 is 16.3 Å². The lowest BCUT2D eigenvalue weighted by molar-refractivity contribution is -0.135. The number of aryl methyl sites for hydroxylation is 1. The maximum absolute atomic E-state index is 13.0. The average Bonchev–Trinajstić information content (AvgIpc) is 2.94. The lowest BCUT2D eigenvalue weighted by Gasteiger charge is -2.31. The summed E-state index contributed by atoms with van der Waals surface area (Å²) in [5.41, 5.74) is 2.49. The molecule has 0 spiro atoms. The minimum Gasteiger partial charge on any atom is -0.317 e. The number of para-hydroxylation sites is 1. The summed E-state index contributed by atoms with van der Waals surface area (Å²) in [6.07, 6.45) is 2.83. The molecule has 1 atom stereocenters. The minimum atomic E-state index is -0.643. The zero-order valence-corrected chi connectivity index (χ0v) is 16.4. The number of rotatable bonds is 4. The van der Waals surface area contributed by atoms with Crippen molar-refractivity contribution in [2.24, 2.45) is 7.05 Å². The maximum atomic E-state index is 13.0. The van der Waals surface area contributed by atoms with E-state index in [1.54, 1.807) is 16.2 Å². The average molecular weight is 385 g/mol. The van der Waals surface area contributed by atoms with Crippen molar-refractivity contribution in [2.45, 2.75) is 44.3 Å². The number of piperidine rings is 2. The highest BCUT2D eigenvalue weighted by atomic mass is 16.2. The van der Waals surface area contributed by atoms with Gasteiger partial charge in [-0.15, -0.1) is 0 Å². The Labute approximate surface area is 163 Å². The molecule has 0 saturated carbocycles. The van der Waals surface area contributed by atoms with E-state index >= 15 is 0 Å². The molecule has 3 heterocycles. The smallest absolute Gasteiger partial charge is 0.317 e. The Morgan fingerprint density at radius 2 is 1.89 bits per heavy atom. The Kier molecular flexibility index (Phi) is 5.07. The molecule has 2 N–H and O–H groups in total. The third-order valence-electron chi connectivity index (χ3n) is 6.10. The molecule has 8 nitrogen and oxygen atoms in total. The molecule has 0 aliphatic carbocycles. The van der Waals surface area contributed by atoms with Crippen molar-refractivity contribution >= 4 is 22.8 Å². The van der Waals surface area contributed by atoms with E-state index in [-0.39, 0.29) is 18.0 Å². The van der Waals surface area contributed by atoms with Crippen molar-refractivity contribution < 1.29 is 9.59 Å². The summed E-state index contributed by atoms with van der Waals surface area (Å²) in [6.45, 7) is 2.81. The Bertz CT molecular complexity index is 968. The normalized spacial score (nSPS) is 22.0. The summed E-state index contributed by atoms with van der Waals surface area (Å²) < 4.78 is 3.18. The third kappa shape index (κ3) is 3.27. The first-order valence-electron chi connectivity index (χ1n) is 9.91. The maximum Gasteiger partial charge on any atom is 0.329 e.